The smallest absolute Gasteiger partial charge is 0.534 e. The molecule has 1 atom stereocenters. The van der Waals surface area contributed by atoms with Gasteiger partial charge in [0.05, 0.1) is 18.0 Å². The largest absolute Gasteiger partial charge is 0.547 e. The molecular formula is C19H29BN4O5. The summed E-state index contributed by atoms with van der Waals surface area (Å²) in [7, 11) is 2.84. The highest BCUT2D eigenvalue weighted by molar-refractivity contribution is 6.47. The Hall–Kier alpha value is -2.14. The molecule has 1 amide bonds. The molecule has 29 heavy (non-hydrogen) atoms. The third-order valence-corrected chi connectivity index (χ3v) is 5.39. The number of nitrogens with zero attached hydrogens (tertiary/aromatic N) is 3. The van der Waals surface area contributed by atoms with Crippen LogP contribution in [0.5, 0.6) is 5.75 Å². The number of fused-ring (bicyclic) bond motifs is 1. The van der Waals surface area contributed by atoms with E-state index in [1.54, 1.807) is 12.1 Å². The number of likely N-dealkylation sites (N-methyl/N-ethyl adjacent to an activating group) is 1. The molecule has 0 unspecified atom stereocenters. The monoisotopic (exact) mass is 404 g/mol. The van der Waals surface area contributed by atoms with Gasteiger partial charge in [-0.2, -0.15) is 0 Å². The number of hydrogen-bond acceptors (Lipinski definition) is 7. The first-order chi connectivity index (χ1) is 13.8. The van der Waals surface area contributed by atoms with Crippen molar-refractivity contribution in [3.05, 3.63) is 29.3 Å². The molecule has 0 radical (unpaired) electrons. The van der Waals surface area contributed by atoms with E-state index in [1.165, 1.54) is 6.07 Å². The van der Waals surface area contributed by atoms with Crippen molar-refractivity contribution >= 4 is 19.0 Å². The fourth-order valence-corrected chi connectivity index (χ4v) is 3.68. The quantitative estimate of drug-likeness (QED) is 0.498. The minimum atomic E-state index is -1.28. The van der Waals surface area contributed by atoms with Crippen molar-refractivity contribution in [1.82, 2.24) is 20.0 Å². The number of rotatable bonds is 7. The zero-order valence-electron chi connectivity index (χ0n) is 17.0. The summed E-state index contributed by atoms with van der Waals surface area (Å²) in [6.45, 7) is 5.84. The highest BCUT2D eigenvalue weighted by Crippen LogP contribution is 2.30. The molecule has 1 aromatic carbocycles. The molecule has 0 saturated carbocycles. The molecule has 10 heteroatoms. The zero-order chi connectivity index (χ0) is 21.0. The van der Waals surface area contributed by atoms with Gasteiger partial charge in [0.1, 0.15) is 5.75 Å². The molecule has 3 N–H and O–H groups in total. The highest BCUT2D eigenvalue weighted by atomic mass is 16.5. The van der Waals surface area contributed by atoms with Crippen molar-refractivity contribution in [2.75, 3.05) is 59.9 Å². The van der Waals surface area contributed by atoms with Crippen molar-refractivity contribution in [1.29, 1.82) is 0 Å². The van der Waals surface area contributed by atoms with Crippen LogP contribution >= 0.6 is 0 Å². The molecule has 0 spiro atoms. The number of carboxylic acid groups (broad SMARTS) is 1. The Kier molecular flexibility index (Phi) is 7.12. The Labute approximate surface area is 171 Å². The number of carbonyl (C=O) groups is 2. The maximum atomic E-state index is 12.5. The van der Waals surface area contributed by atoms with E-state index in [0.29, 0.717) is 12.0 Å². The standard InChI is InChI=1S/C19H29BN4O5/c1-22(2)6-7-23-8-10-24(11-9-23)13-17(25)21-16-12-14-4-3-5-15(19(26)27)18(14)29-20(16)28/h3-5,16,28H,6-13H2,1-2H3,(H,21,25)(H,26,27)/t16-/m0/s1. The van der Waals surface area contributed by atoms with Gasteiger partial charge in [-0.25, -0.2) is 4.79 Å². The predicted molar refractivity (Wildman–Crippen MR) is 109 cm³/mol. The second-order valence-electron chi connectivity index (χ2n) is 7.91. The summed E-state index contributed by atoms with van der Waals surface area (Å²) in [6.07, 6.45) is 0.321. The highest BCUT2D eigenvalue weighted by Gasteiger charge is 2.37. The van der Waals surface area contributed by atoms with E-state index in [2.05, 4.69) is 34.1 Å². The van der Waals surface area contributed by atoms with Gasteiger partial charge < -0.3 is 25.0 Å². The van der Waals surface area contributed by atoms with Crippen LogP contribution in [0.4, 0.5) is 0 Å². The van der Waals surface area contributed by atoms with E-state index in [-0.39, 0.29) is 23.8 Å². The summed E-state index contributed by atoms with van der Waals surface area (Å²) in [5.74, 6) is -1.72. The predicted octanol–water partition coefficient (Wildman–Crippen LogP) is -0.997. The van der Waals surface area contributed by atoms with E-state index >= 15 is 0 Å². The third-order valence-electron chi connectivity index (χ3n) is 5.39. The number of amides is 1. The van der Waals surface area contributed by atoms with E-state index in [0.717, 1.165) is 39.3 Å². The Morgan fingerprint density at radius 2 is 1.93 bits per heavy atom. The van der Waals surface area contributed by atoms with Gasteiger partial charge in [-0.05, 0) is 32.1 Å². The van der Waals surface area contributed by atoms with Gasteiger partial charge in [-0.1, -0.05) is 12.1 Å². The van der Waals surface area contributed by atoms with Gasteiger partial charge >= 0.3 is 13.1 Å². The topological polar surface area (TPSA) is 106 Å². The normalized spacial score (nSPS) is 20.3. The van der Waals surface area contributed by atoms with Crippen LogP contribution in [0.15, 0.2) is 18.2 Å². The van der Waals surface area contributed by atoms with Gasteiger partial charge in [0.2, 0.25) is 5.91 Å². The first-order valence-corrected chi connectivity index (χ1v) is 9.92. The van der Waals surface area contributed by atoms with E-state index in [9.17, 15) is 19.7 Å². The summed E-state index contributed by atoms with van der Waals surface area (Å²) in [5, 5.41) is 22.4. The van der Waals surface area contributed by atoms with Crippen LogP contribution in [0.25, 0.3) is 0 Å². The fraction of sp³-hybridized carbons (Fsp3) is 0.579. The molecule has 2 aliphatic heterocycles. The van der Waals surface area contributed by atoms with Crippen molar-refractivity contribution in [3.63, 3.8) is 0 Å². The lowest BCUT2D eigenvalue weighted by Gasteiger charge is -2.35. The molecule has 1 fully saturated rings. The molecule has 9 nitrogen and oxygen atoms in total. The first-order valence-electron chi connectivity index (χ1n) is 9.92. The number of benzene rings is 1. The molecule has 2 aliphatic rings. The van der Waals surface area contributed by atoms with Crippen LogP contribution in [-0.4, -0.2) is 110 Å². The lowest BCUT2D eigenvalue weighted by molar-refractivity contribution is -0.123. The lowest BCUT2D eigenvalue weighted by Crippen LogP contribution is -2.56. The molecule has 0 aliphatic carbocycles. The minimum Gasteiger partial charge on any atom is -0.534 e. The summed E-state index contributed by atoms with van der Waals surface area (Å²) < 4.78 is 5.42. The average Bonchev–Trinajstić information content (AvgIpc) is 2.67. The maximum absolute atomic E-state index is 12.5. The van der Waals surface area contributed by atoms with Crippen LogP contribution < -0.4 is 9.97 Å². The lowest BCUT2D eigenvalue weighted by atomic mass is 9.72. The Morgan fingerprint density at radius 3 is 2.59 bits per heavy atom. The van der Waals surface area contributed by atoms with Crippen LogP contribution in [0, 0.1) is 0 Å². The molecule has 158 valence electrons. The van der Waals surface area contributed by atoms with Crippen LogP contribution in [0.1, 0.15) is 15.9 Å². The maximum Gasteiger partial charge on any atom is 0.547 e. The molecule has 3 rings (SSSR count). The van der Waals surface area contributed by atoms with Crippen molar-refractivity contribution in [2.24, 2.45) is 0 Å². The first kappa shape index (κ1) is 21.6. The number of aromatic carboxylic acids is 1. The van der Waals surface area contributed by atoms with Crippen LogP contribution in [0.3, 0.4) is 0 Å². The van der Waals surface area contributed by atoms with Crippen molar-refractivity contribution in [2.45, 2.75) is 12.4 Å². The summed E-state index contributed by atoms with van der Waals surface area (Å²) >= 11 is 0. The van der Waals surface area contributed by atoms with Crippen molar-refractivity contribution in [3.8, 4) is 5.75 Å². The average molecular weight is 404 g/mol. The second kappa shape index (κ2) is 9.58. The number of piperazine rings is 1. The summed E-state index contributed by atoms with van der Waals surface area (Å²) in [6, 6.07) is 4.82. The third kappa shape index (κ3) is 5.69. The molecule has 2 heterocycles. The van der Waals surface area contributed by atoms with Gasteiger partial charge in [0, 0.05) is 39.3 Å². The summed E-state index contributed by atoms with van der Waals surface area (Å²) in [5.41, 5.74) is 0.675. The van der Waals surface area contributed by atoms with E-state index < -0.39 is 19.0 Å². The minimum absolute atomic E-state index is 0.0125. The number of para-hydroxylation sites is 1. The van der Waals surface area contributed by atoms with Crippen molar-refractivity contribution < 1.29 is 24.4 Å². The number of carboxylic acids is 1. The van der Waals surface area contributed by atoms with E-state index in [1.807, 2.05) is 0 Å². The van der Waals surface area contributed by atoms with Crippen LogP contribution in [0.2, 0.25) is 0 Å². The van der Waals surface area contributed by atoms with Gasteiger partial charge in [-0.3, -0.25) is 14.6 Å². The fourth-order valence-electron chi connectivity index (χ4n) is 3.68. The second-order valence-corrected chi connectivity index (χ2v) is 7.91. The number of nitrogens with one attached hydrogen (secondary N) is 1. The Bertz CT molecular complexity index is 739. The molecule has 1 aromatic rings. The number of hydrogen-bond donors (Lipinski definition) is 3. The zero-order valence-corrected chi connectivity index (χ0v) is 17.0. The van der Waals surface area contributed by atoms with Gasteiger partial charge in [-0.15, -0.1) is 0 Å². The number of carbonyl (C=O) groups excluding carboxylic acids is 1. The molecule has 1 saturated heterocycles. The SMILES string of the molecule is CN(C)CCN1CCN(CC(=O)N[C@H]2Cc3cccc(C(=O)O)c3OB2O)CC1. The van der Waals surface area contributed by atoms with E-state index in [4.69, 9.17) is 4.65 Å². The van der Waals surface area contributed by atoms with Gasteiger partial charge in [0.25, 0.3) is 0 Å². The van der Waals surface area contributed by atoms with Gasteiger partial charge in [0.15, 0.2) is 0 Å². The Balaban J connectivity index is 1.49. The molecule has 0 bridgehead atoms. The molecule has 0 aromatic heterocycles. The van der Waals surface area contributed by atoms with Crippen LogP contribution in [-0.2, 0) is 11.2 Å². The molecular weight excluding hydrogens is 375 g/mol. The summed E-state index contributed by atoms with van der Waals surface area (Å²) in [4.78, 5) is 30.4. The Morgan fingerprint density at radius 1 is 1.24 bits per heavy atom.